The van der Waals surface area contributed by atoms with Gasteiger partial charge in [-0.2, -0.15) is 0 Å². The first-order valence-corrected chi connectivity index (χ1v) is 6.36. The molecule has 2 heterocycles. The third kappa shape index (κ3) is 5.05. The zero-order valence-electron chi connectivity index (χ0n) is 9.19. The number of aromatic nitrogens is 1. The van der Waals surface area contributed by atoms with E-state index in [1.807, 2.05) is 7.05 Å². The van der Waals surface area contributed by atoms with Gasteiger partial charge in [-0.3, -0.25) is 5.43 Å². The Balaban J connectivity index is 0.000000171. The minimum Gasteiger partial charge on any atom is -0.339 e. The van der Waals surface area contributed by atoms with E-state index in [1.54, 1.807) is 11.1 Å². The van der Waals surface area contributed by atoms with E-state index in [4.69, 9.17) is 33.8 Å². The Morgan fingerprint density at radius 3 is 2.82 bits per heavy atom. The van der Waals surface area contributed by atoms with Crippen LogP contribution in [0.4, 0.5) is 0 Å². The Hall–Kier alpha value is -0.600. The molecule has 0 saturated heterocycles. The summed E-state index contributed by atoms with van der Waals surface area (Å²) in [5, 5.41) is 0. The van der Waals surface area contributed by atoms with Crippen LogP contribution in [0.1, 0.15) is 4.88 Å². The van der Waals surface area contributed by atoms with Crippen molar-refractivity contribution in [2.75, 3.05) is 20.5 Å². The molecule has 17 heavy (non-hydrogen) atoms. The second-order valence-electron chi connectivity index (χ2n) is 3.00. The van der Waals surface area contributed by atoms with Crippen LogP contribution in [0.3, 0.4) is 0 Å². The number of aliphatic imine (C=N–C) groups is 1. The standard InChI is InChI=1S/C4H3Cl2NS.C4H10N4O/c5-1-3-2-7-4(6)8-3;1-8-3-9-2-6-4(8)7-5/h2H,1H2;2-3,5H2,1H3,(H,6,7). The molecule has 2 rings (SSSR count). The van der Waals surface area contributed by atoms with Crippen LogP contribution in [-0.4, -0.2) is 36.4 Å². The van der Waals surface area contributed by atoms with E-state index in [-0.39, 0.29) is 0 Å². The fourth-order valence-corrected chi connectivity index (χ4v) is 2.03. The van der Waals surface area contributed by atoms with Crippen LogP contribution >= 0.6 is 34.5 Å². The van der Waals surface area contributed by atoms with Crippen LogP contribution < -0.4 is 11.3 Å². The number of ether oxygens (including phenoxy) is 1. The van der Waals surface area contributed by atoms with Crippen molar-refractivity contribution in [3.8, 4) is 0 Å². The van der Waals surface area contributed by atoms with Gasteiger partial charge in [-0.05, 0) is 0 Å². The van der Waals surface area contributed by atoms with E-state index in [1.165, 1.54) is 11.3 Å². The molecule has 0 bridgehead atoms. The van der Waals surface area contributed by atoms with Crippen LogP contribution in [-0.2, 0) is 10.6 Å². The van der Waals surface area contributed by atoms with Crippen molar-refractivity contribution in [3.05, 3.63) is 15.5 Å². The van der Waals surface area contributed by atoms with Gasteiger partial charge >= 0.3 is 0 Å². The molecule has 9 heteroatoms. The molecule has 0 aromatic carbocycles. The van der Waals surface area contributed by atoms with E-state index in [2.05, 4.69) is 15.4 Å². The van der Waals surface area contributed by atoms with Crippen molar-refractivity contribution in [1.29, 1.82) is 0 Å². The van der Waals surface area contributed by atoms with Crippen molar-refractivity contribution >= 4 is 40.5 Å². The predicted octanol–water partition coefficient (Wildman–Crippen LogP) is 1.22. The lowest BCUT2D eigenvalue weighted by molar-refractivity contribution is 0.0627. The second kappa shape index (κ2) is 7.67. The predicted molar refractivity (Wildman–Crippen MR) is 70.0 cm³/mol. The lowest BCUT2D eigenvalue weighted by Crippen LogP contribution is -2.46. The zero-order chi connectivity index (χ0) is 12.7. The highest BCUT2D eigenvalue weighted by molar-refractivity contribution is 7.15. The number of nitrogens with zero attached hydrogens (tertiary/aromatic N) is 3. The largest absolute Gasteiger partial charge is 0.339 e. The van der Waals surface area contributed by atoms with Crippen LogP contribution in [0.2, 0.25) is 4.47 Å². The summed E-state index contributed by atoms with van der Waals surface area (Å²) in [5.74, 6) is 6.29. The SMILES string of the molecule is CN1COCN=C1NN.ClCc1cnc(Cl)s1. The molecular formula is C8H13Cl2N5OS. The Morgan fingerprint density at radius 1 is 1.71 bits per heavy atom. The summed E-state index contributed by atoms with van der Waals surface area (Å²) in [5.41, 5.74) is 2.45. The summed E-state index contributed by atoms with van der Waals surface area (Å²) in [6.45, 7) is 0.937. The van der Waals surface area contributed by atoms with E-state index in [0.29, 0.717) is 29.8 Å². The number of nitrogens with one attached hydrogen (secondary N) is 1. The molecule has 1 aliphatic rings. The van der Waals surface area contributed by atoms with Crippen molar-refractivity contribution in [2.24, 2.45) is 10.8 Å². The topological polar surface area (TPSA) is 75.8 Å². The number of alkyl halides is 1. The van der Waals surface area contributed by atoms with Gasteiger partial charge in [0.2, 0.25) is 5.96 Å². The number of halogens is 2. The first-order chi connectivity index (χ1) is 8.17. The average molecular weight is 298 g/mol. The minimum absolute atomic E-state index is 0.393. The number of rotatable bonds is 1. The summed E-state index contributed by atoms with van der Waals surface area (Å²) in [4.78, 5) is 10.5. The molecule has 0 unspecified atom stereocenters. The van der Waals surface area contributed by atoms with Crippen molar-refractivity contribution in [3.63, 3.8) is 0 Å². The highest BCUT2D eigenvalue weighted by atomic mass is 35.5. The summed E-state index contributed by atoms with van der Waals surface area (Å²) in [7, 11) is 1.85. The van der Waals surface area contributed by atoms with Gasteiger partial charge in [-0.25, -0.2) is 15.8 Å². The molecule has 0 spiro atoms. The van der Waals surface area contributed by atoms with Gasteiger partial charge in [0.15, 0.2) is 4.47 Å². The number of thiazole rings is 1. The van der Waals surface area contributed by atoms with Gasteiger partial charge in [0.25, 0.3) is 0 Å². The lowest BCUT2D eigenvalue weighted by atomic mass is 10.6. The quantitative estimate of drug-likeness (QED) is 0.463. The number of guanidine groups is 1. The molecule has 1 aliphatic heterocycles. The van der Waals surface area contributed by atoms with Crippen molar-refractivity contribution in [1.82, 2.24) is 15.3 Å². The number of hydrazine groups is 1. The molecule has 6 nitrogen and oxygen atoms in total. The third-order valence-corrected chi connectivity index (χ3v) is 3.30. The fourth-order valence-electron chi connectivity index (χ4n) is 0.968. The van der Waals surface area contributed by atoms with Crippen LogP contribution in [0.15, 0.2) is 11.2 Å². The minimum atomic E-state index is 0.393. The number of hydrogen-bond acceptors (Lipinski definition) is 7. The highest BCUT2D eigenvalue weighted by Crippen LogP contribution is 2.18. The Morgan fingerprint density at radius 2 is 2.47 bits per heavy atom. The van der Waals surface area contributed by atoms with Crippen molar-refractivity contribution < 1.29 is 4.74 Å². The molecule has 0 amide bonds. The summed E-state index contributed by atoms with van der Waals surface area (Å²) >= 11 is 12.4. The molecule has 0 radical (unpaired) electrons. The van der Waals surface area contributed by atoms with E-state index in [9.17, 15) is 0 Å². The highest BCUT2D eigenvalue weighted by Gasteiger charge is 2.07. The number of nitrogens with two attached hydrogens (primary N) is 1. The first-order valence-electron chi connectivity index (χ1n) is 4.63. The van der Waals surface area contributed by atoms with Gasteiger partial charge in [-0.1, -0.05) is 11.6 Å². The van der Waals surface area contributed by atoms with Crippen LogP contribution in [0, 0.1) is 0 Å². The molecular weight excluding hydrogens is 285 g/mol. The molecule has 1 aromatic heterocycles. The maximum Gasteiger partial charge on any atom is 0.212 e. The molecule has 0 aliphatic carbocycles. The molecule has 96 valence electrons. The first kappa shape index (κ1) is 14.5. The maximum atomic E-state index is 5.49. The van der Waals surface area contributed by atoms with Gasteiger partial charge in [0.05, 0.1) is 5.88 Å². The summed E-state index contributed by atoms with van der Waals surface area (Å²) < 4.78 is 5.51. The molecule has 1 aromatic rings. The average Bonchev–Trinajstić information content (AvgIpc) is 2.77. The Labute approximate surface area is 113 Å². The zero-order valence-corrected chi connectivity index (χ0v) is 11.5. The van der Waals surface area contributed by atoms with Gasteiger partial charge < -0.3 is 9.64 Å². The van der Waals surface area contributed by atoms with Gasteiger partial charge in [0, 0.05) is 18.1 Å². The van der Waals surface area contributed by atoms with Crippen LogP contribution in [0.5, 0.6) is 0 Å². The Kier molecular flexibility index (Phi) is 6.53. The lowest BCUT2D eigenvalue weighted by Gasteiger charge is -2.23. The van der Waals surface area contributed by atoms with E-state index >= 15 is 0 Å². The van der Waals surface area contributed by atoms with Gasteiger partial charge in [-0.15, -0.1) is 22.9 Å². The number of hydrogen-bond donors (Lipinski definition) is 2. The van der Waals surface area contributed by atoms with Crippen LogP contribution in [0.25, 0.3) is 0 Å². The Bertz CT molecular complexity index is 373. The summed E-state index contributed by atoms with van der Waals surface area (Å²) in [6.07, 6.45) is 1.68. The monoisotopic (exact) mass is 297 g/mol. The third-order valence-electron chi connectivity index (χ3n) is 1.74. The van der Waals surface area contributed by atoms with E-state index in [0.717, 1.165) is 4.88 Å². The molecule has 0 saturated carbocycles. The fraction of sp³-hybridized carbons (Fsp3) is 0.500. The van der Waals surface area contributed by atoms with E-state index < -0.39 is 0 Å². The second-order valence-corrected chi connectivity index (χ2v) is 4.96. The molecule has 0 atom stereocenters. The normalized spacial score (nSPS) is 14.8. The summed E-state index contributed by atoms with van der Waals surface area (Å²) in [6, 6.07) is 0. The van der Waals surface area contributed by atoms with Gasteiger partial charge in [0.1, 0.15) is 13.5 Å². The molecule has 3 N–H and O–H groups in total. The molecule has 0 fully saturated rings. The van der Waals surface area contributed by atoms with Crippen molar-refractivity contribution in [2.45, 2.75) is 5.88 Å². The maximum absolute atomic E-state index is 5.49. The smallest absolute Gasteiger partial charge is 0.212 e.